The van der Waals surface area contributed by atoms with E-state index in [1.165, 1.54) is 6.92 Å². The maximum atomic E-state index is 12.2. The molecule has 0 aliphatic carbocycles. The van der Waals surface area contributed by atoms with E-state index >= 15 is 0 Å². The van der Waals surface area contributed by atoms with Gasteiger partial charge in [-0.15, -0.1) is 0 Å². The van der Waals surface area contributed by atoms with Crippen LogP contribution in [0, 0.1) is 0 Å². The molecule has 0 spiro atoms. The molecule has 0 saturated carbocycles. The van der Waals surface area contributed by atoms with Crippen molar-refractivity contribution in [2.24, 2.45) is 0 Å². The summed E-state index contributed by atoms with van der Waals surface area (Å²) in [6.45, 7) is 9.99. The zero-order chi connectivity index (χ0) is 22.6. The Bertz CT molecular complexity index is 1080. The molecule has 31 heavy (non-hydrogen) atoms. The first-order valence-electron chi connectivity index (χ1n) is 10.6. The van der Waals surface area contributed by atoms with Crippen molar-refractivity contribution in [2.75, 3.05) is 11.9 Å². The fourth-order valence-electron chi connectivity index (χ4n) is 3.57. The van der Waals surface area contributed by atoms with Crippen LogP contribution in [0.4, 0.5) is 5.69 Å². The van der Waals surface area contributed by atoms with Crippen molar-refractivity contribution in [2.45, 2.75) is 53.2 Å². The van der Waals surface area contributed by atoms with Crippen molar-refractivity contribution in [3.05, 3.63) is 48.5 Å². The van der Waals surface area contributed by atoms with Gasteiger partial charge in [0.1, 0.15) is 5.75 Å². The van der Waals surface area contributed by atoms with Crippen LogP contribution in [0.25, 0.3) is 22.2 Å². The van der Waals surface area contributed by atoms with Crippen molar-refractivity contribution in [1.29, 1.82) is 0 Å². The number of hydrogen-bond donors (Lipinski definition) is 1. The second kappa shape index (κ2) is 9.25. The van der Waals surface area contributed by atoms with Gasteiger partial charge in [0, 0.05) is 36.3 Å². The number of hydrogen-bond acceptors (Lipinski definition) is 4. The number of amides is 1. The Labute approximate surface area is 183 Å². The van der Waals surface area contributed by atoms with E-state index in [0.29, 0.717) is 12.4 Å². The van der Waals surface area contributed by atoms with E-state index in [1.54, 1.807) is 20.8 Å². The SMILES string of the molecule is CCCn1c(-c2ccc(NC(C)=O)cc2)cc2ccc(OC(C)(C)C(=O)OCC)cc21. The molecular weight excluding hydrogens is 392 g/mol. The first-order chi connectivity index (χ1) is 14.7. The predicted molar refractivity (Wildman–Crippen MR) is 123 cm³/mol. The van der Waals surface area contributed by atoms with E-state index in [0.717, 1.165) is 40.8 Å². The minimum Gasteiger partial charge on any atom is -0.476 e. The van der Waals surface area contributed by atoms with E-state index in [4.69, 9.17) is 9.47 Å². The maximum Gasteiger partial charge on any atom is 0.349 e. The van der Waals surface area contributed by atoms with Crippen LogP contribution in [0.5, 0.6) is 5.75 Å². The summed E-state index contributed by atoms with van der Waals surface area (Å²) in [6, 6.07) is 15.8. The number of esters is 1. The number of anilines is 1. The van der Waals surface area contributed by atoms with Gasteiger partial charge in [0.15, 0.2) is 5.60 Å². The molecule has 0 atom stereocenters. The van der Waals surface area contributed by atoms with Crippen molar-refractivity contribution in [3.8, 4) is 17.0 Å². The largest absolute Gasteiger partial charge is 0.476 e. The maximum absolute atomic E-state index is 12.2. The summed E-state index contributed by atoms with van der Waals surface area (Å²) in [6.07, 6.45) is 0.972. The van der Waals surface area contributed by atoms with Crippen LogP contribution in [0.1, 0.15) is 41.0 Å². The summed E-state index contributed by atoms with van der Waals surface area (Å²) in [5.41, 5.74) is 2.89. The lowest BCUT2D eigenvalue weighted by Crippen LogP contribution is -2.39. The molecular formula is C25H30N2O4. The highest BCUT2D eigenvalue weighted by Crippen LogP contribution is 2.32. The number of aryl methyl sites for hydroxylation is 1. The molecule has 1 heterocycles. The normalized spacial score (nSPS) is 11.4. The molecule has 0 bridgehead atoms. The van der Waals surface area contributed by atoms with Gasteiger partial charge in [-0.25, -0.2) is 4.79 Å². The summed E-state index contributed by atoms with van der Waals surface area (Å²) in [5.74, 6) is 0.138. The van der Waals surface area contributed by atoms with Crippen LogP contribution in [-0.4, -0.2) is 28.7 Å². The van der Waals surface area contributed by atoms with Gasteiger partial charge >= 0.3 is 5.97 Å². The first kappa shape index (κ1) is 22.4. The number of aromatic nitrogens is 1. The fraction of sp³-hybridized carbons (Fsp3) is 0.360. The van der Waals surface area contributed by atoms with Gasteiger partial charge in [-0.1, -0.05) is 19.1 Å². The number of nitrogens with zero attached hydrogens (tertiary/aromatic N) is 1. The van der Waals surface area contributed by atoms with E-state index in [2.05, 4.69) is 22.9 Å². The Morgan fingerprint density at radius 3 is 2.35 bits per heavy atom. The highest BCUT2D eigenvalue weighted by Gasteiger charge is 2.31. The van der Waals surface area contributed by atoms with E-state index in [-0.39, 0.29) is 11.9 Å². The van der Waals surface area contributed by atoms with Gasteiger partial charge in [-0.3, -0.25) is 4.79 Å². The van der Waals surface area contributed by atoms with Crippen LogP contribution >= 0.6 is 0 Å². The molecule has 6 nitrogen and oxygen atoms in total. The molecule has 0 saturated heterocycles. The fourth-order valence-corrected chi connectivity index (χ4v) is 3.57. The van der Waals surface area contributed by atoms with Gasteiger partial charge in [0.2, 0.25) is 5.91 Å². The lowest BCUT2D eigenvalue weighted by molar-refractivity contribution is -0.158. The van der Waals surface area contributed by atoms with Crippen molar-refractivity contribution < 1.29 is 19.1 Å². The standard InChI is InChI=1S/C25H30N2O4/c1-6-14-27-22(18-8-11-20(12-9-18)26-17(3)28)15-19-10-13-21(16-23(19)27)31-25(4,5)24(29)30-7-2/h8-13,15-16H,6-7,14H2,1-5H3,(H,26,28). The molecule has 164 valence electrons. The number of nitrogens with one attached hydrogen (secondary N) is 1. The number of ether oxygens (including phenoxy) is 2. The number of benzene rings is 2. The average Bonchev–Trinajstić information content (AvgIpc) is 3.06. The molecule has 1 amide bonds. The van der Waals surface area contributed by atoms with Gasteiger partial charge in [-0.2, -0.15) is 0 Å². The number of rotatable bonds is 8. The van der Waals surface area contributed by atoms with E-state index in [1.807, 2.05) is 42.5 Å². The lowest BCUT2D eigenvalue weighted by Gasteiger charge is -2.24. The molecule has 2 aromatic carbocycles. The summed E-state index contributed by atoms with van der Waals surface area (Å²) >= 11 is 0. The minimum absolute atomic E-state index is 0.0916. The van der Waals surface area contributed by atoms with Crippen LogP contribution < -0.4 is 10.1 Å². The molecule has 3 rings (SSSR count). The third-order valence-corrected chi connectivity index (χ3v) is 4.96. The Morgan fingerprint density at radius 2 is 1.74 bits per heavy atom. The Balaban J connectivity index is 1.98. The van der Waals surface area contributed by atoms with Crippen molar-refractivity contribution in [1.82, 2.24) is 4.57 Å². The van der Waals surface area contributed by atoms with Gasteiger partial charge in [0.05, 0.1) is 12.1 Å². The Hall–Kier alpha value is -3.28. The van der Waals surface area contributed by atoms with Crippen molar-refractivity contribution >= 4 is 28.5 Å². The average molecular weight is 423 g/mol. The Morgan fingerprint density at radius 1 is 1.03 bits per heavy atom. The molecule has 0 aliphatic rings. The second-order valence-electron chi connectivity index (χ2n) is 7.99. The highest BCUT2D eigenvalue weighted by atomic mass is 16.6. The predicted octanol–water partition coefficient (Wildman–Crippen LogP) is 5.40. The molecule has 1 aromatic heterocycles. The summed E-state index contributed by atoms with van der Waals surface area (Å²) in [5, 5.41) is 3.89. The van der Waals surface area contributed by atoms with E-state index < -0.39 is 5.60 Å². The minimum atomic E-state index is -1.08. The Kier molecular flexibility index (Phi) is 6.68. The molecule has 6 heteroatoms. The van der Waals surface area contributed by atoms with Crippen LogP contribution in [-0.2, 0) is 20.9 Å². The monoisotopic (exact) mass is 422 g/mol. The molecule has 0 aliphatic heterocycles. The summed E-state index contributed by atoms with van der Waals surface area (Å²) < 4.78 is 13.4. The molecule has 3 aromatic rings. The topological polar surface area (TPSA) is 69.6 Å². The molecule has 0 unspecified atom stereocenters. The van der Waals surface area contributed by atoms with Gasteiger partial charge in [0.25, 0.3) is 0 Å². The lowest BCUT2D eigenvalue weighted by atomic mass is 10.1. The molecule has 1 N–H and O–H groups in total. The van der Waals surface area contributed by atoms with Gasteiger partial charge in [-0.05, 0) is 63.1 Å². The molecule has 0 fully saturated rings. The number of carbonyl (C=O) groups is 2. The zero-order valence-corrected chi connectivity index (χ0v) is 18.8. The first-order valence-corrected chi connectivity index (χ1v) is 10.6. The van der Waals surface area contributed by atoms with Crippen LogP contribution in [0.3, 0.4) is 0 Å². The smallest absolute Gasteiger partial charge is 0.349 e. The quantitative estimate of drug-likeness (QED) is 0.494. The number of carbonyl (C=O) groups excluding carboxylic acids is 2. The third kappa shape index (κ3) is 5.08. The third-order valence-electron chi connectivity index (χ3n) is 4.96. The number of fused-ring (bicyclic) bond motifs is 1. The van der Waals surface area contributed by atoms with Gasteiger partial charge < -0.3 is 19.4 Å². The molecule has 0 radical (unpaired) electrons. The highest BCUT2D eigenvalue weighted by molar-refractivity contribution is 5.90. The summed E-state index contributed by atoms with van der Waals surface area (Å²) in [7, 11) is 0. The van der Waals surface area contributed by atoms with Crippen LogP contribution in [0.15, 0.2) is 48.5 Å². The van der Waals surface area contributed by atoms with E-state index in [9.17, 15) is 9.59 Å². The van der Waals surface area contributed by atoms with Crippen LogP contribution in [0.2, 0.25) is 0 Å². The zero-order valence-electron chi connectivity index (χ0n) is 18.8. The summed E-state index contributed by atoms with van der Waals surface area (Å²) in [4.78, 5) is 23.5. The van der Waals surface area contributed by atoms with Crippen molar-refractivity contribution in [3.63, 3.8) is 0 Å². The second-order valence-corrected chi connectivity index (χ2v) is 7.99.